The van der Waals surface area contributed by atoms with E-state index in [0.29, 0.717) is 48.3 Å². The van der Waals surface area contributed by atoms with E-state index in [1.54, 1.807) is 56.3 Å². The number of esters is 1. The van der Waals surface area contributed by atoms with Gasteiger partial charge in [-0.3, -0.25) is 14.5 Å². The number of Topliss-reactive ketones (excluding diaryl/α,β-unsaturated/α-hetero) is 1. The van der Waals surface area contributed by atoms with Gasteiger partial charge < -0.3 is 24.1 Å². The van der Waals surface area contributed by atoms with Crippen LogP contribution in [0.2, 0.25) is 0 Å². The molecule has 3 aromatic rings. The Bertz CT molecular complexity index is 1550. The lowest BCUT2D eigenvalue weighted by Gasteiger charge is -2.24. The number of benzene rings is 2. The number of aliphatic hydroxyl groups is 1. The highest BCUT2D eigenvalue weighted by Gasteiger charge is 2.48. The minimum absolute atomic E-state index is 0.120. The molecule has 1 N–H and O–H groups in total. The topological polar surface area (TPSA) is 124 Å². The summed E-state index contributed by atoms with van der Waals surface area (Å²) in [7, 11) is 0. The molecular weight excluding hydrogens is 560 g/mol. The molecule has 0 radical (unpaired) electrons. The van der Waals surface area contributed by atoms with E-state index < -0.39 is 23.7 Å². The fourth-order valence-electron chi connectivity index (χ4n) is 4.88. The molecule has 1 amide bonds. The maximum atomic E-state index is 13.6. The van der Waals surface area contributed by atoms with Gasteiger partial charge in [-0.15, -0.1) is 0 Å². The average molecular weight is 593 g/mol. The molecule has 0 aliphatic carbocycles. The molecule has 0 saturated carbocycles. The molecular formula is C31H32N2O8S. The molecule has 1 saturated heterocycles. The second kappa shape index (κ2) is 12.6. The number of amides is 1. The molecule has 42 heavy (non-hydrogen) atoms. The van der Waals surface area contributed by atoms with Crippen LogP contribution in [-0.2, 0) is 14.3 Å². The van der Waals surface area contributed by atoms with Gasteiger partial charge in [0.1, 0.15) is 29.6 Å². The van der Waals surface area contributed by atoms with Gasteiger partial charge in [-0.2, -0.15) is 0 Å². The lowest BCUT2D eigenvalue weighted by Crippen LogP contribution is -2.29. The van der Waals surface area contributed by atoms with Gasteiger partial charge in [0, 0.05) is 5.56 Å². The van der Waals surface area contributed by atoms with Crippen molar-refractivity contribution in [1.29, 1.82) is 0 Å². The van der Waals surface area contributed by atoms with E-state index in [1.807, 2.05) is 0 Å². The van der Waals surface area contributed by atoms with Crippen LogP contribution in [0.15, 0.2) is 48.0 Å². The van der Waals surface area contributed by atoms with Gasteiger partial charge in [-0.1, -0.05) is 43.2 Å². The third kappa shape index (κ3) is 5.69. The van der Waals surface area contributed by atoms with Crippen LogP contribution in [0.25, 0.3) is 5.76 Å². The zero-order valence-electron chi connectivity index (χ0n) is 23.7. The Morgan fingerprint density at radius 3 is 2.64 bits per heavy atom. The summed E-state index contributed by atoms with van der Waals surface area (Å²) in [6.45, 7) is 6.89. The van der Waals surface area contributed by atoms with Crippen molar-refractivity contribution in [3.8, 4) is 17.2 Å². The highest BCUT2D eigenvalue weighted by molar-refractivity contribution is 7.17. The van der Waals surface area contributed by atoms with Crippen molar-refractivity contribution in [1.82, 2.24) is 4.98 Å². The minimum atomic E-state index is -1.04. The van der Waals surface area contributed by atoms with Gasteiger partial charge in [0.15, 0.2) is 16.6 Å². The summed E-state index contributed by atoms with van der Waals surface area (Å²) in [4.78, 5) is 45.7. The maximum Gasteiger partial charge on any atom is 0.350 e. The first kappa shape index (κ1) is 29.1. The average Bonchev–Trinajstić information content (AvgIpc) is 3.51. The molecule has 2 aliphatic heterocycles. The number of carbonyl (C=O) groups is 3. The molecule has 2 aliphatic rings. The van der Waals surface area contributed by atoms with E-state index in [9.17, 15) is 19.5 Å². The van der Waals surface area contributed by atoms with Crippen molar-refractivity contribution >= 4 is 39.9 Å². The number of fused-ring (bicyclic) bond motifs is 1. The second-order valence-electron chi connectivity index (χ2n) is 9.79. The molecule has 2 aromatic carbocycles. The fraction of sp³-hybridized carbons (Fsp3) is 0.355. The van der Waals surface area contributed by atoms with Gasteiger partial charge in [0.05, 0.1) is 30.5 Å². The predicted molar refractivity (Wildman–Crippen MR) is 156 cm³/mol. The minimum Gasteiger partial charge on any atom is -0.507 e. The number of aryl methyl sites for hydroxylation is 1. The summed E-state index contributed by atoms with van der Waals surface area (Å²) in [5, 5.41) is 11.7. The Balaban J connectivity index is 1.62. The first-order valence-electron chi connectivity index (χ1n) is 13.9. The van der Waals surface area contributed by atoms with Crippen LogP contribution in [0.3, 0.4) is 0 Å². The summed E-state index contributed by atoms with van der Waals surface area (Å²) in [6.07, 6.45) is 2.97. The quantitative estimate of drug-likeness (QED) is 0.105. The van der Waals surface area contributed by atoms with Crippen LogP contribution >= 0.6 is 11.3 Å². The molecule has 1 fully saturated rings. The van der Waals surface area contributed by atoms with Crippen LogP contribution < -0.4 is 19.1 Å². The first-order chi connectivity index (χ1) is 20.3. The molecule has 220 valence electrons. The zero-order valence-corrected chi connectivity index (χ0v) is 24.5. The highest BCUT2D eigenvalue weighted by Crippen LogP contribution is 2.45. The summed E-state index contributed by atoms with van der Waals surface area (Å²) in [5.41, 5.74) is 1.07. The number of aromatic nitrogens is 1. The number of aliphatic hydroxyl groups excluding tert-OH is 1. The van der Waals surface area contributed by atoms with Crippen molar-refractivity contribution in [3.63, 3.8) is 0 Å². The molecule has 0 unspecified atom stereocenters. The third-order valence-corrected chi connectivity index (χ3v) is 8.04. The number of carbonyl (C=O) groups excluding carboxylic acids is 3. The maximum absolute atomic E-state index is 13.6. The number of ketones is 1. The second-order valence-corrected chi connectivity index (χ2v) is 10.8. The molecule has 0 bridgehead atoms. The number of anilines is 1. The van der Waals surface area contributed by atoms with Crippen LogP contribution in [-0.4, -0.2) is 54.2 Å². The van der Waals surface area contributed by atoms with Crippen molar-refractivity contribution in [2.75, 3.05) is 31.3 Å². The zero-order chi connectivity index (χ0) is 29.8. The molecule has 5 rings (SSSR count). The standard InChI is InChI=1S/C31H32N2O8S/c1-4-6-7-13-39-21-10-8-9-19(16-21)25-24(26(34)20-11-12-22-23(17-20)41-15-14-40-22)27(35)29(36)33(25)31-32-18(3)28(42-31)30(37)38-5-2/h8-12,16-17,25,34H,4-7,13-15H2,1-3H3/b26-24+/t25-/m0/s1. The van der Waals surface area contributed by atoms with Crippen molar-refractivity contribution in [2.24, 2.45) is 0 Å². The summed E-state index contributed by atoms with van der Waals surface area (Å²) >= 11 is 0.956. The predicted octanol–water partition coefficient (Wildman–Crippen LogP) is 5.59. The van der Waals surface area contributed by atoms with Crippen molar-refractivity contribution in [2.45, 2.75) is 46.1 Å². The molecule has 10 nitrogen and oxygen atoms in total. The van der Waals surface area contributed by atoms with Gasteiger partial charge in [-0.05, 0) is 56.2 Å². The van der Waals surface area contributed by atoms with E-state index in [0.717, 1.165) is 30.6 Å². The number of rotatable bonds is 10. The Labute approximate surface area is 247 Å². The third-order valence-electron chi connectivity index (χ3n) is 6.90. The van der Waals surface area contributed by atoms with Gasteiger partial charge in [0.2, 0.25) is 0 Å². The normalized spacial score (nSPS) is 17.4. The van der Waals surface area contributed by atoms with Crippen LogP contribution in [0.4, 0.5) is 5.13 Å². The Hall–Kier alpha value is -4.38. The smallest absolute Gasteiger partial charge is 0.350 e. The number of hydrogen-bond acceptors (Lipinski definition) is 10. The molecule has 1 atom stereocenters. The number of unbranched alkanes of at least 4 members (excludes halogenated alkanes) is 2. The van der Waals surface area contributed by atoms with E-state index in [2.05, 4.69) is 11.9 Å². The molecule has 11 heteroatoms. The number of ether oxygens (including phenoxy) is 4. The SMILES string of the molecule is CCCCCOc1cccc([C@H]2/C(=C(\O)c3ccc4c(c3)OCCO4)C(=O)C(=O)N2c2nc(C)c(C(=O)OCC)s2)c1. The Morgan fingerprint density at radius 1 is 1.10 bits per heavy atom. The van der Waals surface area contributed by atoms with Crippen LogP contribution in [0.1, 0.15) is 65.6 Å². The van der Waals surface area contributed by atoms with Crippen LogP contribution in [0.5, 0.6) is 17.2 Å². The van der Waals surface area contributed by atoms with Gasteiger partial charge >= 0.3 is 11.9 Å². The van der Waals surface area contributed by atoms with Crippen molar-refractivity contribution in [3.05, 3.63) is 69.7 Å². The van der Waals surface area contributed by atoms with E-state index in [-0.39, 0.29) is 33.5 Å². The van der Waals surface area contributed by atoms with Crippen molar-refractivity contribution < 1.29 is 38.4 Å². The number of nitrogens with zero attached hydrogens (tertiary/aromatic N) is 2. The van der Waals surface area contributed by atoms with Crippen LogP contribution in [0, 0.1) is 6.92 Å². The monoisotopic (exact) mass is 592 g/mol. The summed E-state index contributed by atoms with van der Waals surface area (Å²) in [5.74, 6) is -1.18. The van der Waals surface area contributed by atoms with E-state index in [1.165, 1.54) is 4.90 Å². The highest BCUT2D eigenvalue weighted by atomic mass is 32.1. The number of thiazole rings is 1. The van der Waals surface area contributed by atoms with E-state index >= 15 is 0 Å². The molecule has 3 heterocycles. The lowest BCUT2D eigenvalue weighted by molar-refractivity contribution is -0.132. The number of hydrogen-bond donors (Lipinski definition) is 1. The summed E-state index contributed by atoms with van der Waals surface area (Å²) in [6, 6.07) is 10.9. The lowest BCUT2D eigenvalue weighted by atomic mass is 9.95. The van der Waals surface area contributed by atoms with Gasteiger partial charge in [0.25, 0.3) is 5.78 Å². The van der Waals surface area contributed by atoms with E-state index in [4.69, 9.17) is 18.9 Å². The largest absolute Gasteiger partial charge is 0.507 e. The Morgan fingerprint density at radius 2 is 1.88 bits per heavy atom. The fourth-order valence-corrected chi connectivity index (χ4v) is 5.87. The molecule has 1 aromatic heterocycles. The first-order valence-corrected chi connectivity index (χ1v) is 14.7. The summed E-state index contributed by atoms with van der Waals surface area (Å²) < 4.78 is 22.4. The Kier molecular flexibility index (Phi) is 8.77. The molecule has 0 spiro atoms. The van der Waals surface area contributed by atoms with Gasteiger partial charge in [-0.25, -0.2) is 9.78 Å².